The van der Waals surface area contributed by atoms with Gasteiger partial charge in [-0.05, 0) is 36.8 Å². The fourth-order valence-electron chi connectivity index (χ4n) is 5.15. The van der Waals surface area contributed by atoms with Crippen molar-refractivity contribution >= 4 is 38.9 Å². The zero-order valence-corrected chi connectivity index (χ0v) is 17.9. The van der Waals surface area contributed by atoms with Crippen LogP contribution in [-0.4, -0.2) is 0 Å². The predicted molar refractivity (Wildman–Crippen MR) is 134 cm³/mol. The smallest absolute Gasteiger partial charge is 0.137 e. The molecular formula is C30H21NO2. The molecule has 1 aliphatic heterocycles. The fraction of sp³-hybridized carbons (Fsp3) is 0.0667. The van der Waals surface area contributed by atoms with Crippen LogP contribution in [0.1, 0.15) is 23.5 Å². The van der Waals surface area contributed by atoms with Gasteiger partial charge < -0.3 is 14.5 Å². The number of allylic oxidation sites excluding steroid dienone is 4. The van der Waals surface area contributed by atoms with Crippen LogP contribution in [0, 0.1) is 0 Å². The molecule has 0 saturated heterocycles. The molecule has 4 aromatic carbocycles. The summed E-state index contributed by atoms with van der Waals surface area (Å²) >= 11 is 0. The number of anilines is 2. The standard InChI is InChI=1S/C30H21NO2/c1-4-14-24(31-25-15-8-18-28-29(25)23-11-3-6-17-27(23)32-28)19(9-1)21-12-7-13-22-20-10-2-5-16-26(20)33-30(21)22/h1-12,14-18,22,31H,13H2. The highest BCUT2D eigenvalue weighted by Gasteiger charge is 2.33. The van der Waals surface area contributed by atoms with Gasteiger partial charge in [0.05, 0.1) is 11.1 Å². The molecule has 5 aromatic rings. The average molecular weight is 428 g/mol. The van der Waals surface area contributed by atoms with Crippen LogP contribution in [0.15, 0.2) is 113 Å². The van der Waals surface area contributed by atoms with Crippen molar-refractivity contribution in [3.05, 3.63) is 120 Å². The fourth-order valence-corrected chi connectivity index (χ4v) is 5.15. The van der Waals surface area contributed by atoms with E-state index in [9.17, 15) is 0 Å². The Kier molecular flexibility index (Phi) is 3.97. The van der Waals surface area contributed by atoms with E-state index in [-0.39, 0.29) is 5.92 Å². The summed E-state index contributed by atoms with van der Waals surface area (Å²) in [6.45, 7) is 0. The molecule has 1 N–H and O–H groups in total. The highest BCUT2D eigenvalue weighted by Crippen LogP contribution is 2.49. The van der Waals surface area contributed by atoms with Crippen LogP contribution in [0.4, 0.5) is 11.4 Å². The second-order valence-corrected chi connectivity index (χ2v) is 8.56. The van der Waals surface area contributed by atoms with Crippen LogP contribution >= 0.6 is 0 Å². The molecule has 3 heteroatoms. The van der Waals surface area contributed by atoms with E-state index in [1.165, 1.54) is 5.56 Å². The van der Waals surface area contributed by atoms with E-state index in [1.54, 1.807) is 0 Å². The maximum atomic E-state index is 6.38. The maximum Gasteiger partial charge on any atom is 0.137 e. The van der Waals surface area contributed by atoms with Gasteiger partial charge in [-0.3, -0.25) is 0 Å². The van der Waals surface area contributed by atoms with Gasteiger partial charge in [0, 0.05) is 33.7 Å². The van der Waals surface area contributed by atoms with Crippen LogP contribution < -0.4 is 10.1 Å². The molecule has 0 bridgehead atoms. The lowest BCUT2D eigenvalue weighted by Crippen LogP contribution is -2.06. The number of benzene rings is 4. The van der Waals surface area contributed by atoms with Gasteiger partial charge in [0.2, 0.25) is 0 Å². The van der Waals surface area contributed by atoms with Gasteiger partial charge in [0.1, 0.15) is 22.7 Å². The summed E-state index contributed by atoms with van der Waals surface area (Å²) < 4.78 is 12.5. The monoisotopic (exact) mass is 427 g/mol. The van der Waals surface area contributed by atoms with Gasteiger partial charge in [-0.1, -0.05) is 72.8 Å². The van der Waals surface area contributed by atoms with Crippen LogP contribution in [0.5, 0.6) is 5.75 Å². The first-order chi connectivity index (χ1) is 16.4. The molecule has 0 fully saturated rings. The summed E-state index contributed by atoms with van der Waals surface area (Å²) in [6.07, 6.45) is 5.42. The number of para-hydroxylation sites is 3. The van der Waals surface area contributed by atoms with E-state index in [2.05, 4.69) is 78.1 Å². The molecule has 0 radical (unpaired) electrons. The van der Waals surface area contributed by atoms with Gasteiger partial charge in [0.25, 0.3) is 0 Å². The van der Waals surface area contributed by atoms with Crippen LogP contribution in [0.2, 0.25) is 0 Å². The minimum absolute atomic E-state index is 0.274. The Labute approximate surface area is 191 Å². The van der Waals surface area contributed by atoms with E-state index in [4.69, 9.17) is 9.15 Å². The van der Waals surface area contributed by atoms with Crippen molar-refractivity contribution in [1.82, 2.24) is 0 Å². The first kappa shape index (κ1) is 18.3. The minimum atomic E-state index is 0.274. The number of hydrogen-bond acceptors (Lipinski definition) is 3. The molecule has 33 heavy (non-hydrogen) atoms. The van der Waals surface area contributed by atoms with Crippen molar-refractivity contribution in [2.45, 2.75) is 12.3 Å². The second kappa shape index (κ2) is 7.14. The van der Waals surface area contributed by atoms with Gasteiger partial charge in [-0.15, -0.1) is 0 Å². The van der Waals surface area contributed by atoms with Gasteiger partial charge >= 0.3 is 0 Å². The molecule has 1 aliphatic carbocycles. The van der Waals surface area contributed by atoms with Crippen LogP contribution in [0.25, 0.3) is 27.5 Å². The largest absolute Gasteiger partial charge is 0.460 e. The highest BCUT2D eigenvalue weighted by molar-refractivity contribution is 6.12. The average Bonchev–Trinajstić information content (AvgIpc) is 3.43. The predicted octanol–water partition coefficient (Wildman–Crippen LogP) is 8.18. The van der Waals surface area contributed by atoms with E-state index < -0.39 is 0 Å². The zero-order valence-electron chi connectivity index (χ0n) is 17.9. The first-order valence-electron chi connectivity index (χ1n) is 11.3. The summed E-state index contributed by atoms with van der Waals surface area (Å²) in [7, 11) is 0. The van der Waals surface area contributed by atoms with Crippen molar-refractivity contribution in [3.8, 4) is 5.75 Å². The topological polar surface area (TPSA) is 34.4 Å². The summed E-state index contributed by atoms with van der Waals surface area (Å²) in [5.41, 5.74) is 7.39. The van der Waals surface area contributed by atoms with Crippen molar-refractivity contribution in [1.29, 1.82) is 0 Å². The molecule has 1 aromatic heterocycles. The van der Waals surface area contributed by atoms with Crippen LogP contribution in [0.3, 0.4) is 0 Å². The third-order valence-electron chi connectivity index (χ3n) is 6.64. The van der Waals surface area contributed by atoms with E-state index >= 15 is 0 Å². The van der Waals surface area contributed by atoms with Crippen molar-refractivity contribution < 1.29 is 9.15 Å². The number of ether oxygens (including phenoxy) is 1. The molecule has 2 heterocycles. The molecular weight excluding hydrogens is 406 g/mol. The lowest BCUT2D eigenvalue weighted by Gasteiger charge is -2.20. The summed E-state index contributed by atoms with van der Waals surface area (Å²) in [6, 6.07) is 31.2. The van der Waals surface area contributed by atoms with Crippen molar-refractivity contribution in [2.75, 3.05) is 5.32 Å². The molecule has 0 spiro atoms. The van der Waals surface area contributed by atoms with E-state index in [0.717, 1.165) is 62.4 Å². The van der Waals surface area contributed by atoms with Gasteiger partial charge in [0.15, 0.2) is 0 Å². The molecule has 158 valence electrons. The maximum absolute atomic E-state index is 6.38. The Balaban J connectivity index is 1.36. The number of hydrogen-bond donors (Lipinski definition) is 1. The summed E-state index contributed by atoms with van der Waals surface area (Å²) in [5.74, 6) is 2.29. The minimum Gasteiger partial charge on any atom is -0.460 e. The van der Waals surface area contributed by atoms with E-state index in [1.807, 2.05) is 30.3 Å². The van der Waals surface area contributed by atoms with Gasteiger partial charge in [-0.2, -0.15) is 0 Å². The zero-order chi connectivity index (χ0) is 21.8. The Bertz CT molecular complexity index is 1600. The molecule has 0 amide bonds. The quantitative estimate of drug-likeness (QED) is 0.315. The summed E-state index contributed by atoms with van der Waals surface area (Å²) in [5, 5.41) is 5.92. The number of rotatable bonds is 3. The molecule has 1 unspecified atom stereocenters. The number of fused-ring (bicyclic) bond motifs is 6. The third kappa shape index (κ3) is 2.82. The molecule has 2 aliphatic rings. The van der Waals surface area contributed by atoms with Crippen molar-refractivity contribution in [2.24, 2.45) is 0 Å². The molecule has 3 nitrogen and oxygen atoms in total. The SMILES string of the molecule is C1=CC(c2ccccc2Nc2cccc3oc4ccccc4c23)=C2Oc3ccccc3C2C1. The normalized spacial score (nSPS) is 16.7. The van der Waals surface area contributed by atoms with Gasteiger partial charge in [-0.25, -0.2) is 0 Å². The molecule has 7 rings (SSSR count). The second-order valence-electron chi connectivity index (χ2n) is 8.56. The number of nitrogens with one attached hydrogen (secondary N) is 1. The third-order valence-corrected chi connectivity index (χ3v) is 6.64. The van der Waals surface area contributed by atoms with E-state index in [0.29, 0.717) is 0 Å². The lowest BCUT2D eigenvalue weighted by molar-refractivity contribution is 0.429. The lowest BCUT2D eigenvalue weighted by atomic mass is 9.86. The van der Waals surface area contributed by atoms with Crippen LogP contribution in [-0.2, 0) is 0 Å². The molecule has 0 saturated carbocycles. The number of furan rings is 1. The molecule has 1 atom stereocenters. The Morgan fingerprint density at radius 2 is 1.52 bits per heavy atom. The Hall–Kier alpha value is -4.24. The summed E-state index contributed by atoms with van der Waals surface area (Å²) in [4.78, 5) is 0. The highest BCUT2D eigenvalue weighted by atomic mass is 16.5. The first-order valence-corrected chi connectivity index (χ1v) is 11.3. The Morgan fingerprint density at radius 1 is 0.727 bits per heavy atom. The Morgan fingerprint density at radius 3 is 2.52 bits per heavy atom. The van der Waals surface area contributed by atoms with Crippen molar-refractivity contribution in [3.63, 3.8) is 0 Å².